The van der Waals surface area contributed by atoms with Crippen LogP contribution >= 0.6 is 0 Å². The van der Waals surface area contributed by atoms with Crippen LogP contribution in [-0.2, 0) is 5.54 Å². The Hall–Kier alpha value is -3.13. The third kappa shape index (κ3) is 4.03. The minimum atomic E-state index is 0.0711. The lowest BCUT2D eigenvalue weighted by molar-refractivity contribution is 0.189. The number of rotatable bonds is 4. The number of anilines is 3. The van der Waals surface area contributed by atoms with Crippen molar-refractivity contribution in [3.8, 4) is 0 Å². The first-order valence-corrected chi connectivity index (χ1v) is 13.1. The molecule has 1 saturated heterocycles. The van der Waals surface area contributed by atoms with E-state index in [4.69, 9.17) is 4.98 Å². The van der Waals surface area contributed by atoms with Gasteiger partial charge in [-0.2, -0.15) is 4.98 Å². The predicted octanol–water partition coefficient (Wildman–Crippen LogP) is 4.33. The molecule has 0 radical (unpaired) electrons. The zero-order valence-electron chi connectivity index (χ0n) is 20.9. The number of piperazine rings is 1. The van der Waals surface area contributed by atoms with Gasteiger partial charge in [0, 0.05) is 50.3 Å². The highest BCUT2D eigenvalue weighted by Crippen LogP contribution is 2.42. The molecule has 1 aliphatic carbocycles. The van der Waals surface area contributed by atoms with Gasteiger partial charge in [0.25, 0.3) is 0 Å². The van der Waals surface area contributed by atoms with Crippen LogP contribution in [0.1, 0.15) is 51.6 Å². The Balaban J connectivity index is 1.24. The second kappa shape index (κ2) is 8.82. The van der Waals surface area contributed by atoms with E-state index >= 15 is 0 Å². The molecule has 2 fully saturated rings. The van der Waals surface area contributed by atoms with Crippen LogP contribution in [0, 0.1) is 0 Å². The molecule has 0 atom stereocenters. The average molecular weight is 473 g/mol. The SMILES string of the molecule is C=C1NCC2(CCCCC2)n2c1cc1cnc(Nc3ccc(N4CCN(C(C)C)CC4)cn3)nc12. The van der Waals surface area contributed by atoms with E-state index in [0.29, 0.717) is 12.0 Å². The third-order valence-corrected chi connectivity index (χ3v) is 8.14. The molecule has 8 heteroatoms. The van der Waals surface area contributed by atoms with Crippen LogP contribution in [0.2, 0.25) is 0 Å². The van der Waals surface area contributed by atoms with Crippen molar-refractivity contribution in [2.24, 2.45) is 0 Å². The van der Waals surface area contributed by atoms with Gasteiger partial charge in [0.05, 0.1) is 28.8 Å². The highest BCUT2D eigenvalue weighted by atomic mass is 15.3. The number of hydrogen-bond donors (Lipinski definition) is 2. The second-order valence-corrected chi connectivity index (χ2v) is 10.6. The standard InChI is InChI=1S/C27H36N8/c1-19(2)33-11-13-34(14-12-33)22-7-8-24(28-17-22)31-26-29-16-21-15-23-20(3)30-18-27(9-5-4-6-10-27)35(23)25(21)32-26/h7-8,15-17,19,30H,3-6,9-14,18H2,1-2H3,(H,28,29,31,32). The van der Waals surface area contributed by atoms with Gasteiger partial charge in [-0.3, -0.25) is 4.90 Å². The van der Waals surface area contributed by atoms with Gasteiger partial charge in [-0.15, -0.1) is 0 Å². The molecule has 0 aromatic carbocycles. The summed E-state index contributed by atoms with van der Waals surface area (Å²) < 4.78 is 2.44. The van der Waals surface area contributed by atoms with E-state index in [1.165, 1.54) is 37.8 Å². The maximum atomic E-state index is 4.98. The van der Waals surface area contributed by atoms with Crippen molar-refractivity contribution < 1.29 is 0 Å². The summed E-state index contributed by atoms with van der Waals surface area (Å²) in [4.78, 5) is 19.2. The maximum absolute atomic E-state index is 4.98. The highest BCUT2D eigenvalue weighted by Gasteiger charge is 2.40. The van der Waals surface area contributed by atoms with E-state index in [-0.39, 0.29) is 5.54 Å². The number of nitrogens with one attached hydrogen (secondary N) is 2. The molecular formula is C27H36N8. The molecule has 35 heavy (non-hydrogen) atoms. The second-order valence-electron chi connectivity index (χ2n) is 10.6. The summed E-state index contributed by atoms with van der Waals surface area (Å²) in [7, 11) is 0. The molecule has 0 amide bonds. The summed E-state index contributed by atoms with van der Waals surface area (Å²) in [5, 5.41) is 7.95. The van der Waals surface area contributed by atoms with Crippen molar-refractivity contribution in [1.82, 2.24) is 29.7 Å². The Morgan fingerprint density at radius 1 is 1.03 bits per heavy atom. The zero-order chi connectivity index (χ0) is 24.0. The van der Waals surface area contributed by atoms with E-state index in [0.717, 1.165) is 61.0 Å². The number of nitrogens with zero attached hydrogens (tertiary/aromatic N) is 6. The minimum absolute atomic E-state index is 0.0711. The van der Waals surface area contributed by atoms with Crippen LogP contribution in [-0.4, -0.2) is 63.2 Å². The molecule has 0 unspecified atom stereocenters. The summed E-state index contributed by atoms with van der Waals surface area (Å²) in [6, 6.07) is 6.95. The van der Waals surface area contributed by atoms with Gasteiger partial charge in [-0.25, -0.2) is 9.97 Å². The molecule has 6 rings (SSSR count). The van der Waals surface area contributed by atoms with E-state index in [2.05, 4.69) is 67.5 Å². The van der Waals surface area contributed by atoms with E-state index < -0.39 is 0 Å². The smallest absolute Gasteiger partial charge is 0.230 e. The molecule has 3 aromatic heterocycles. The molecule has 8 nitrogen and oxygen atoms in total. The fourth-order valence-corrected chi connectivity index (χ4v) is 6.06. The molecular weight excluding hydrogens is 436 g/mol. The molecule has 5 heterocycles. The molecule has 2 N–H and O–H groups in total. The normalized spacial score (nSPS) is 20.3. The summed E-state index contributed by atoms with van der Waals surface area (Å²) in [5.41, 5.74) is 4.34. The lowest BCUT2D eigenvalue weighted by atomic mass is 9.80. The summed E-state index contributed by atoms with van der Waals surface area (Å²) in [6.07, 6.45) is 10.0. The summed E-state index contributed by atoms with van der Waals surface area (Å²) in [6.45, 7) is 14.0. The first-order valence-electron chi connectivity index (χ1n) is 13.1. The van der Waals surface area contributed by atoms with Crippen LogP contribution in [0.5, 0.6) is 0 Å². The maximum Gasteiger partial charge on any atom is 0.230 e. The Morgan fingerprint density at radius 2 is 1.83 bits per heavy atom. The fraction of sp³-hybridized carbons (Fsp3) is 0.519. The van der Waals surface area contributed by atoms with Crippen molar-refractivity contribution in [2.45, 2.75) is 57.5 Å². The van der Waals surface area contributed by atoms with Gasteiger partial charge >= 0.3 is 0 Å². The number of pyridine rings is 1. The van der Waals surface area contributed by atoms with Gasteiger partial charge < -0.3 is 20.1 Å². The molecule has 1 spiro atoms. The minimum Gasteiger partial charge on any atom is -0.381 e. The van der Waals surface area contributed by atoms with Crippen LogP contribution in [0.3, 0.4) is 0 Å². The van der Waals surface area contributed by atoms with Gasteiger partial charge in [0.2, 0.25) is 5.95 Å². The number of aromatic nitrogens is 4. The molecule has 1 saturated carbocycles. The lowest BCUT2D eigenvalue weighted by Gasteiger charge is -2.44. The van der Waals surface area contributed by atoms with Crippen molar-refractivity contribution in [2.75, 3.05) is 42.9 Å². The van der Waals surface area contributed by atoms with Gasteiger partial charge in [0.1, 0.15) is 11.5 Å². The quantitative estimate of drug-likeness (QED) is 0.585. The van der Waals surface area contributed by atoms with E-state index in [9.17, 15) is 0 Å². The molecule has 3 aliphatic rings. The number of hydrogen-bond acceptors (Lipinski definition) is 7. The Labute approximate surface area is 207 Å². The summed E-state index contributed by atoms with van der Waals surface area (Å²) in [5.74, 6) is 1.34. The van der Waals surface area contributed by atoms with Gasteiger partial charge in [-0.1, -0.05) is 25.8 Å². The Bertz CT molecular complexity index is 1210. The largest absolute Gasteiger partial charge is 0.381 e. The molecule has 0 bridgehead atoms. The monoisotopic (exact) mass is 472 g/mol. The highest BCUT2D eigenvalue weighted by molar-refractivity contribution is 5.84. The summed E-state index contributed by atoms with van der Waals surface area (Å²) >= 11 is 0. The third-order valence-electron chi connectivity index (χ3n) is 8.14. The van der Waals surface area contributed by atoms with Crippen molar-refractivity contribution in [3.63, 3.8) is 0 Å². The van der Waals surface area contributed by atoms with Crippen molar-refractivity contribution >= 4 is 34.2 Å². The predicted molar refractivity (Wildman–Crippen MR) is 142 cm³/mol. The lowest BCUT2D eigenvalue weighted by Crippen LogP contribution is -2.48. The Kier molecular flexibility index (Phi) is 5.63. The van der Waals surface area contributed by atoms with Gasteiger partial charge in [-0.05, 0) is 44.9 Å². The van der Waals surface area contributed by atoms with Crippen LogP contribution in [0.4, 0.5) is 17.5 Å². The fourth-order valence-electron chi connectivity index (χ4n) is 6.06. The number of fused-ring (bicyclic) bond motifs is 4. The average Bonchev–Trinajstić information content (AvgIpc) is 3.28. The van der Waals surface area contributed by atoms with Gasteiger partial charge in [0.15, 0.2) is 0 Å². The molecule has 184 valence electrons. The van der Waals surface area contributed by atoms with Crippen LogP contribution < -0.4 is 15.5 Å². The Morgan fingerprint density at radius 3 is 2.54 bits per heavy atom. The van der Waals surface area contributed by atoms with E-state index in [1.807, 2.05) is 18.5 Å². The van der Waals surface area contributed by atoms with Crippen molar-refractivity contribution in [1.29, 1.82) is 0 Å². The first-order chi connectivity index (χ1) is 17.0. The van der Waals surface area contributed by atoms with Crippen molar-refractivity contribution in [3.05, 3.63) is 42.9 Å². The molecule has 2 aliphatic heterocycles. The zero-order valence-corrected chi connectivity index (χ0v) is 20.9. The molecule has 3 aromatic rings. The first kappa shape index (κ1) is 22.3. The van der Waals surface area contributed by atoms with E-state index in [1.54, 1.807) is 0 Å². The van der Waals surface area contributed by atoms with Crippen LogP contribution in [0.15, 0.2) is 37.2 Å². The topological polar surface area (TPSA) is 74.1 Å². The van der Waals surface area contributed by atoms with Crippen LogP contribution in [0.25, 0.3) is 16.7 Å².